The average molecular weight is 247 g/mol. The molecule has 98 valence electrons. The van der Waals surface area contributed by atoms with Crippen molar-refractivity contribution in [2.75, 3.05) is 0 Å². The summed E-state index contributed by atoms with van der Waals surface area (Å²) in [5.74, 6) is -2.85. The summed E-state index contributed by atoms with van der Waals surface area (Å²) in [7, 11) is 0. The van der Waals surface area contributed by atoms with Gasteiger partial charge in [-0.3, -0.25) is 0 Å². The summed E-state index contributed by atoms with van der Waals surface area (Å²) in [5.41, 5.74) is -0.598. The molecule has 1 amide bonds. The molecule has 0 aromatic carbocycles. The van der Waals surface area contributed by atoms with Crippen molar-refractivity contribution >= 4 is 6.09 Å². The van der Waals surface area contributed by atoms with E-state index in [9.17, 15) is 13.6 Å². The van der Waals surface area contributed by atoms with Gasteiger partial charge < -0.3 is 10.1 Å². The second-order valence-corrected chi connectivity index (χ2v) is 5.43. The maximum atomic E-state index is 12.7. The van der Waals surface area contributed by atoms with Crippen molar-refractivity contribution < 1.29 is 18.3 Å². The monoisotopic (exact) mass is 247 g/mol. The zero-order valence-corrected chi connectivity index (χ0v) is 10.4. The number of amides is 1. The molecular formula is C12H19F2NO2. The van der Waals surface area contributed by atoms with E-state index in [1.165, 1.54) is 6.08 Å². The van der Waals surface area contributed by atoms with E-state index >= 15 is 0 Å². The Morgan fingerprint density at radius 1 is 1.53 bits per heavy atom. The molecule has 1 rings (SSSR count). The van der Waals surface area contributed by atoms with Gasteiger partial charge in [-0.25, -0.2) is 13.6 Å². The first kappa shape index (κ1) is 13.9. The van der Waals surface area contributed by atoms with Crippen LogP contribution in [0.2, 0.25) is 0 Å². The summed E-state index contributed by atoms with van der Waals surface area (Å²) < 4.78 is 30.5. The number of halogens is 2. The number of carbonyl (C=O) groups is 1. The molecular weight excluding hydrogens is 228 g/mol. The fourth-order valence-electron chi connectivity index (χ4n) is 1.77. The second kappa shape index (κ2) is 4.63. The van der Waals surface area contributed by atoms with Gasteiger partial charge in [0, 0.05) is 12.8 Å². The molecule has 0 spiro atoms. The number of carbonyl (C=O) groups excluding carboxylic acids is 1. The maximum Gasteiger partial charge on any atom is 0.408 e. The van der Waals surface area contributed by atoms with Crippen LogP contribution in [0.4, 0.5) is 13.6 Å². The minimum atomic E-state index is -2.60. The largest absolute Gasteiger partial charge is 0.444 e. The van der Waals surface area contributed by atoms with Crippen LogP contribution in [0.25, 0.3) is 0 Å². The standard InChI is InChI=1S/C12H19F2NO2/c1-5-9(8-6-12(13,14)7-8)15-10(16)17-11(2,3)4/h5,8-9H,1,6-7H2,2-4H3,(H,15,16)/t9-/m1/s1. The number of rotatable bonds is 3. The summed E-state index contributed by atoms with van der Waals surface area (Å²) in [6.45, 7) is 8.78. The van der Waals surface area contributed by atoms with E-state index in [4.69, 9.17) is 4.74 Å². The predicted octanol–water partition coefficient (Wildman–Crippen LogP) is 3.11. The minimum Gasteiger partial charge on any atom is -0.444 e. The van der Waals surface area contributed by atoms with Gasteiger partial charge in [-0.05, 0) is 26.7 Å². The highest BCUT2D eigenvalue weighted by Crippen LogP contribution is 2.44. The molecule has 0 radical (unpaired) electrons. The van der Waals surface area contributed by atoms with Gasteiger partial charge >= 0.3 is 6.09 Å². The van der Waals surface area contributed by atoms with Gasteiger partial charge in [-0.2, -0.15) is 0 Å². The topological polar surface area (TPSA) is 38.3 Å². The van der Waals surface area contributed by atoms with Gasteiger partial charge in [0.2, 0.25) is 5.92 Å². The lowest BCUT2D eigenvalue weighted by Gasteiger charge is -2.39. The van der Waals surface area contributed by atoms with Gasteiger partial charge in [0.25, 0.3) is 0 Å². The van der Waals surface area contributed by atoms with Crippen LogP contribution in [-0.2, 0) is 4.74 Å². The van der Waals surface area contributed by atoms with Gasteiger partial charge in [-0.1, -0.05) is 6.08 Å². The first-order valence-corrected chi connectivity index (χ1v) is 5.63. The second-order valence-electron chi connectivity index (χ2n) is 5.43. The fourth-order valence-corrected chi connectivity index (χ4v) is 1.77. The zero-order valence-electron chi connectivity index (χ0n) is 10.4. The van der Waals surface area contributed by atoms with Crippen LogP contribution in [-0.4, -0.2) is 23.7 Å². The summed E-state index contributed by atoms with van der Waals surface area (Å²) in [6, 6.07) is -0.454. The molecule has 1 aliphatic rings. The third kappa shape index (κ3) is 4.32. The quantitative estimate of drug-likeness (QED) is 0.778. The number of nitrogens with one attached hydrogen (secondary N) is 1. The Labute approximate surface area is 100 Å². The SMILES string of the molecule is C=C[C@@H](NC(=O)OC(C)(C)C)C1CC(F)(F)C1. The molecule has 1 fully saturated rings. The van der Waals surface area contributed by atoms with Crippen LogP contribution < -0.4 is 5.32 Å². The molecule has 1 atom stereocenters. The predicted molar refractivity (Wildman–Crippen MR) is 61.0 cm³/mol. The van der Waals surface area contributed by atoms with Crippen LogP contribution in [0.3, 0.4) is 0 Å². The van der Waals surface area contributed by atoms with E-state index in [2.05, 4.69) is 11.9 Å². The number of ether oxygens (including phenoxy) is 1. The van der Waals surface area contributed by atoms with Crippen molar-refractivity contribution in [2.24, 2.45) is 5.92 Å². The van der Waals surface area contributed by atoms with E-state index in [1.54, 1.807) is 20.8 Å². The number of alkyl carbamates (subject to hydrolysis) is 1. The number of alkyl halides is 2. The molecule has 1 aliphatic carbocycles. The molecule has 0 bridgehead atoms. The van der Waals surface area contributed by atoms with Crippen LogP contribution >= 0.6 is 0 Å². The van der Waals surface area contributed by atoms with Gasteiger partial charge in [0.1, 0.15) is 5.60 Å². The summed E-state index contributed by atoms with van der Waals surface area (Å²) in [4.78, 5) is 11.5. The first-order valence-electron chi connectivity index (χ1n) is 5.63. The fraction of sp³-hybridized carbons (Fsp3) is 0.750. The lowest BCUT2D eigenvalue weighted by molar-refractivity contribution is -0.115. The Morgan fingerprint density at radius 2 is 2.06 bits per heavy atom. The van der Waals surface area contributed by atoms with E-state index < -0.39 is 23.7 Å². The molecule has 1 saturated carbocycles. The average Bonchev–Trinajstić information content (AvgIpc) is 2.07. The molecule has 0 aliphatic heterocycles. The van der Waals surface area contributed by atoms with E-state index in [-0.39, 0.29) is 18.8 Å². The van der Waals surface area contributed by atoms with Gasteiger partial charge in [0.15, 0.2) is 0 Å². The van der Waals surface area contributed by atoms with Crippen LogP contribution in [0.5, 0.6) is 0 Å². The zero-order chi connectivity index (χ0) is 13.3. The minimum absolute atomic E-state index is 0.209. The van der Waals surface area contributed by atoms with Crippen molar-refractivity contribution in [1.29, 1.82) is 0 Å². The highest BCUT2D eigenvalue weighted by atomic mass is 19.3. The molecule has 0 saturated heterocycles. The molecule has 3 nitrogen and oxygen atoms in total. The number of hydrogen-bond donors (Lipinski definition) is 1. The van der Waals surface area contributed by atoms with Crippen molar-refractivity contribution in [3.63, 3.8) is 0 Å². The Kier molecular flexibility index (Phi) is 3.79. The van der Waals surface area contributed by atoms with E-state index in [0.717, 1.165) is 0 Å². The maximum absolute atomic E-state index is 12.7. The van der Waals surface area contributed by atoms with Crippen molar-refractivity contribution in [1.82, 2.24) is 5.32 Å². The molecule has 17 heavy (non-hydrogen) atoms. The van der Waals surface area contributed by atoms with E-state index in [1.807, 2.05) is 0 Å². The highest BCUT2D eigenvalue weighted by Gasteiger charge is 2.48. The van der Waals surface area contributed by atoms with Crippen molar-refractivity contribution in [2.45, 2.75) is 51.2 Å². The highest BCUT2D eigenvalue weighted by molar-refractivity contribution is 5.68. The third-order valence-electron chi connectivity index (χ3n) is 2.57. The van der Waals surface area contributed by atoms with Crippen LogP contribution in [0.1, 0.15) is 33.6 Å². The Balaban J connectivity index is 2.43. The molecule has 5 heteroatoms. The Bertz CT molecular complexity index is 302. The summed E-state index contributed by atoms with van der Waals surface area (Å²) >= 11 is 0. The Morgan fingerprint density at radius 3 is 2.41 bits per heavy atom. The smallest absolute Gasteiger partial charge is 0.408 e. The Hall–Kier alpha value is -1.13. The van der Waals surface area contributed by atoms with E-state index in [0.29, 0.717) is 0 Å². The molecule has 0 heterocycles. The van der Waals surface area contributed by atoms with Gasteiger partial charge in [-0.15, -0.1) is 6.58 Å². The van der Waals surface area contributed by atoms with Gasteiger partial charge in [0.05, 0.1) is 6.04 Å². The first-order chi connectivity index (χ1) is 7.63. The normalized spacial score (nSPS) is 21.2. The van der Waals surface area contributed by atoms with Crippen molar-refractivity contribution in [3.05, 3.63) is 12.7 Å². The lowest BCUT2D eigenvalue weighted by Crippen LogP contribution is -2.49. The van der Waals surface area contributed by atoms with Crippen molar-refractivity contribution in [3.8, 4) is 0 Å². The van der Waals surface area contributed by atoms with Crippen LogP contribution in [0.15, 0.2) is 12.7 Å². The summed E-state index contributed by atoms with van der Waals surface area (Å²) in [6.07, 6.45) is 0.459. The molecule has 0 aromatic heterocycles. The third-order valence-corrected chi connectivity index (χ3v) is 2.57. The van der Waals surface area contributed by atoms with Crippen LogP contribution in [0, 0.1) is 5.92 Å². The molecule has 0 aromatic rings. The number of hydrogen-bond acceptors (Lipinski definition) is 2. The molecule has 1 N–H and O–H groups in total. The molecule has 0 unspecified atom stereocenters. The summed E-state index contributed by atoms with van der Waals surface area (Å²) in [5, 5.41) is 2.55. The lowest BCUT2D eigenvalue weighted by atomic mass is 9.76.